The summed E-state index contributed by atoms with van der Waals surface area (Å²) < 4.78 is 6.12. The molecule has 0 radical (unpaired) electrons. The average molecular weight is 432 g/mol. The lowest BCUT2D eigenvalue weighted by Crippen LogP contribution is -2.45. The maximum Gasteiger partial charge on any atom is 0.255 e. The molecule has 2 aromatic rings. The van der Waals surface area contributed by atoms with Crippen LogP contribution in [0.5, 0.6) is 5.75 Å². The first-order valence-corrected chi connectivity index (χ1v) is 9.17. The molecule has 1 heterocycles. The van der Waals surface area contributed by atoms with Crippen LogP contribution in [0.2, 0.25) is 0 Å². The van der Waals surface area contributed by atoms with Gasteiger partial charge in [-0.1, -0.05) is 28.1 Å². The first-order valence-electron chi connectivity index (χ1n) is 7.97. The Kier molecular flexibility index (Phi) is 5.58. The van der Waals surface area contributed by atoms with Crippen LogP contribution in [-0.4, -0.2) is 18.1 Å². The van der Waals surface area contributed by atoms with Gasteiger partial charge in [0.25, 0.3) is 5.91 Å². The third-order valence-electron chi connectivity index (χ3n) is 4.06. The fraction of sp³-hybridized carbons (Fsp3) is 0.158. The van der Waals surface area contributed by atoms with Crippen LogP contribution in [0.25, 0.3) is 0 Å². The number of halogens is 1. The number of carbonyl (C=O) groups is 1. The molecule has 2 aromatic carbocycles. The zero-order chi connectivity index (χ0) is 18.7. The van der Waals surface area contributed by atoms with Crippen molar-refractivity contribution in [1.29, 1.82) is 0 Å². The summed E-state index contributed by atoms with van der Waals surface area (Å²) in [6, 6.07) is 14.7. The van der Waals surface area contributed by atoms with Crippen molar-refractivity contribution in [3.05, 3.63) is 69.8 Å². The number of methoxy groups -OCH3 is 1. The molecule has 3 N–H and O–H groups in total. The molecule has 0 unspecified atom stereocenters. The van der Waals surface area contributed by atoms with Crippen molar-refractivity contribution in [3.8, 4) is 5.75 Å². The quantitative estimate of drug-likeness (QED) is 0.640. The number of carbonyl (C=O) groups excluding carboxylic acids is 1. The van der Waals surface area contributed by atoms with Crippen LogP contribution in [0.1, 0.15) is 18.5 Å². The number of anilines is 1. The first kappa shape index (κ1) is 18.4. The van der Waals surface area contributed by atoms with E-state index in [1.807, 2.05) is 31.2 Å². The Bertz CT molecular complexity index is 863. The van der Waals surface area contributed by atoms with Crippen LogP contribution in [-0.2, 0) is 4.79 Å². The van der Waals surface area contributed by atoms with Crippen LogP contribution >= 0.6 is 28.1 Å². The molecule has 1 aliphatic rings. The Morgan fingerprint density at radius 1 is 1.15 bits per heavy atom. The molecule has 1 aliphatic heterocycles. The van der Waals surface area contributed by atoms with E-state index >= 15 is 0 Å². The van der Waals surface area contributed by atoms with Crippen molar-refractivity contribution in [1.82, 2.24) is 10.6 Å². The molecule has 0 aliphatic carbocycles. The van der Waals surface area contributed by atoms with Gasteiger partial charge in [-0.25, -0.2) is 0 Å². The molecule has 0 saturated heterocycles. The molecule has 0 bridgehead atoms. The number of hydrogen-bond acceptors (Lipinski definition) is 3. The van der Waals surface area contributed by atoms with Crippen molar-refractivity contribution in [2.75, 3.05) is 12.4 Å². The van der Waals surface area contributed by atoms with Gasteiger partial charge in [-0.15, -0.1) is 0 Å². The predicted octanol–water partition coefficient (Wildman–Crippen LogP) is 3.89. The zero-order valence-electron chi connectivity index (χ0n) is 14.3. The number of ether oxygens (including phenoxy) is 1. The van der Waals surface area contributed by atoms with Crippen molar-refractivity contribution < 1.29 is 9.53 Å². The van der Waals surface area contributed by atoms with Crippen LogP contribution in [0.4, 0.5) is 5.69 Å². The van der Waals surface area contributed by atoms with Crippen LogP contribution < -0.4 is 20.7 Å². The van der Waals surface area contributed by atoms with Gasteiger partial charge < -0.3 is 20.7 Å². The molecule has 0 aromatic heterocycles. The van der Waals surface area contributed by atoms with E-state index in [-0.39, 0.29) is 11.9 Å². The Hall–Kier alpha value is -2.38. The number of rotatable bonds is 4. The van der Waals surface area contributed by atoms with E-state index in [1.54, 1.807) is 31.4 Å². The van der Waals surface area contributed by atoms with Gasteiger partial charge in [0.1, 0.15) is 5.75 Å². The Morgan fingerprint density at radius 2 is 1.81 bits per heavy atom. The highest BCUT2D eigenvalue weighted by molar-refractivity contribution is 9.10. The van der Waals surface area contributed by atoms with Crippen LogP contribution in [0, 0.1) is 0 Å². The molecule has 1 amide bonds. The average Bonchev–Trinajstić information content (AvgIpc) is 2.62. The summed E-state index contributed by atoms with van der Waals surface area (Å²) in [5, 5.41) is 9.65. The summed E-state index contributed by atoms with van der Waals surface area (Å²) in [5.74, 6) is 0.542. The summed E-state index contributed by atoms with van der Waals surface area (Å²) in [7, 11) is 1.60. The topological polar surface area (TPSA) is 62.4 Å². The van der Waals surface area contributed by atoms with E-state index in [9.17, 15) is 4.79 Å². The summed E-state index contributed by atoms with van der Waals surface area (Å²) >= 11 is 8.70. The molecular formula is C19H18BrN3O2S. The third kappa shape index (κ3) is 4.05. The second kappa shape index (κ2) is 7.88. The number of allylic oxidation sites excluding steroid dienone is 1. The third-order valence-corrected chi connectivity index (χ3v) is 4.81. The molecule has 5 nitrogen and oxygen atoms in total. The molecule has 0 saturated carbocycles. The number of benzene rings is 2. The van der Waals surface area contributed by atoms with Crippen LogP contribution in [0.3, 0.4) is 0 Å². The molecule has 0 spiro atoms. The van der Waals surface area contributed by atoms with Crippen molar-refractivity contribution in [3.63, 3.8) is 0 Å². The van der Waals surface area contributed by atoms with Crippen LogP contribution in [0.15, 0.2) is 64.3 Å². The van der Waals surface area contributed by atoms with E-state index in [1.165, 1.54) is 0 Å². The predicted molar refractivity (Wildman–Crippen MR) is 110 cm³/mol. The Balaban J connectivity index is 1.89. The minimum atomic E-state index is -0.324. The lowest BCUT2D eigenvalue weighted by molar-refractivity contribution is -0.113. The highest BCUT2D eigenvalue weighted by Crippen LogP contribution is 2.29. The van der Waals surface area contributed by atoms with E-state index in [2.05, 4.69) is 31.9 Å². The number of nitrogens with one attached hydrogen (secondary N) is 3. The molecule has 7 heteroatoms. The minimum Gasteiger partial charge on any atom is -0.497 e. The largest absolute Gasteiger partial charge is 0.497 e. The number of hydrogen-bond donors (Lipinski definition) is 3. The summed E-state index contributed by atoms with van der Waals surface area (Å²) in [6.07, 6.45) is 0. The van der Waals surface area contributed by atoms with E-state index in [0.29, 0.717) is 16.4 Å². The van der Waals surface area contributed by atoms with Crippen molar-refractivity contribution in [2.45, 2.75) is 13.0 Å². The maximum absolute atomic E-state index is 13.0. The number of thiocarbonyl (C=S) groups is 1. The van der Waals surface area contributed by atoms with Crippen molar-refractivity contribution in [2.24, 2.45) is 0 Å². The minimum absolute atomic E-state index is 0.192. The maximum atomic E-state index is 13.0. The Labute approximate surface area is 165 Å². The number of amides is 1. The SMILES string of the molecule is COc1ccc(NC(=O)C2=C(C)NC(=S)N[C@@H]2c2ccc(Br)cc2)cc1. The molecule has 134 valence electrons. The molecule has 1 atom stereocenters. The van der Waals surface area contributed by atoms with E-state index in [4.69, 9.17) is 17.0 Å². The molecule has 3 rings (SSSR count). The fourth-order valence-electron chi connectivity index (χ4n) is 2.77. The monoisotopic (exact) mass is 431 g/mol. The summed E-state index contributed by atoms with van der Waals surface area (Å²) in [4.78, 5) is 13.0. The van der Waals surface area contributed by atoms with Gasteiger partial charge in [-0.2, -0.15) is 0 Å². The normalized spacial score (nSPS) is 16.6. The standard InChI is InChI=1S/C19H18BrN3O2S/c1-11-16(18(24)22-14-7-9-15(25-2)10-8-14)17(23-19(26)21-11)12-3-5-13(20)6-4-12/h3-10,17H,1-2H3,(H,22,24)(H2,21,23,26)/t17-/m1/s1. The Morgan fingerprint density at radius 3 is 2.42 bits per heavy atom. The van der Waals surface area contributed by atoms with E-state index < -0.39 is 0 Å². The lowest BCUT2D eigenvalue weighted by atomic mass is 9.95. The van der Waals surface area contributed by atoms with Gasteiger partial charge in [0.05, 0.1) is 18.7 Å². The second-order valence-electron chi connectivity index (χ2n) is 5.80. The second-order valence-corrected chi connectivity index (χ2v) is 7.13. The highest BCUT2D eigenvalue weighted by atomic mass is 79.9. The van der Waals surface area contributed by atoms with Gasteiger partial charge in [0, 0.05) is 15.9 Å². The molecular weight excluding hydrogens is 414 g/mol. The highest BCUT2D eigenvalue weighted by Gasteiger charge is 2.29. The first-order chi connectivity index (χ1) is 12.5. The summed E-state index contributed by atoms with van der Waals surface area (Å²) in [5.41, 5.74) is 2.97. The smallest absolute Gasteiger partial charge is 0.255 e. The molecule has 26 heavy (non-hydrogen) atoms. The van der Waals surface area contributed by atoms with Gasteiger partial charge >= 0.3 is 0 Å². The van der Waals surface area contributed by atoms with Gasteiger partial charge in [-0.05, 0) is 61.1 Å². The van der Waals surface area contributed by atoms with Crippen molar-refractivity contribution >= 4 is 44.9 Å². The lowest BCUT2D eigenvalue weighted by Gasteiger charge is -2.30. The van der Waals surface area contributed by atoms with Gasteiger partial charge in [-0.3, -0.25) is 4.79 Å². The van der Waals surface area contributed by atoms with Gasteiger partial charge in [0.2, 0.25) is 0 Å². The fourth-order valence-corrected chi connectivity index (χ4v) is 3.31. The zero-order valence-corrected chi connectivity index (χ0v) is 16.7. The van der Waals surface area contributed by atoms with E-state index in [0.717, 1.165) is 21.5 Å². The molecule has 0 fully saturated rings. The van der Waals surface area contributed by atoms with Gasteiger partial charge in [0.15, 0.2) is 5.11 Å². The summed E-state index contributed by atoms with van der Waals surface area (Å²) in [6.45, 7) is 1.85.